The van der Waals surface area contributed by atoms with Gasteiger partial charge in [-0.05, 0) is 52.0 Å². The quantitative estimate of drug-likeness (QED) is 0.636. The first-order chi connectivity index (χ1) is 9.99. The van der Waals surface area contributed by atoms with Crippen LogP contribution in [0, 0.1) is 6.92 Å². The number of carbonyl (C=O) groups is 1. The highest BCUT2D eigenvalue weighted by molar-refractivity contribution is 7.91. The lowest BCUT2D eigenvalue weighted by Crippen LogP contribution is -2.42. The predicted molar refractivity (Wildman–Crippen MR) is 87.9 cm³/mol. The maximum Gasteiger partial charge on any atom is 0.325 e. The molecule has 1 aromatic rings. The first-order valence-corrected chi connectivity index (χ1v) is 8.48. The summed E-state index contributed by atoms with van der Waals surface area (Å²) in [7, 11) is -3.77. The van der Waals surface area contributed by atoms with E-state index in [0.29, 0.717) is 0 Å². The van der Waals surface area contributed by atoms with Crippen molar-refractivity contribution in [3.05, 3.63) is 29.8 Å². The van der Waals surface area contributed by atoms with Crippen molar-refractivity contribution in [1.29, 1.82) is 0 Å². The Morgan fingerprint density at radius 2 is 1.77 bits per heavy atom. The number of aryl methyl sites for hydroxylation is 1. The van der Waals surface area contributed by atoms with Gasteiger partial charge in [-0.1, -0.05) is 17.7 Å². The fourth-order valence-corrected chi connectivity index (χ4v) is 2.79. The van der Waals surface area contributed by atoms with E-state index in [2.05, 4.69) is 10.0 Å². The van der Waals surface area contributed by atoms with E-state index in [-0.39, 0.29) is 16.6 Å². The Kier molecular flexibility index (Phi) is 5.90. The number of carbonyl (C=O) groups excluding carboxylic acids is 1. The van der Waals surface area contributed by atoms with Crippen LogP contribution in [0.15, 0.2) is 29.2 Å². The molecular weight excluding hydrogens is 324 g/mol. The van der Waals surface area contributed by atoms with E-state index in [4.69, 9.17) is 17.0 Å². The molecule has 0 aromatic heterocycles. The van der Waals surface area contributed by atoms with Crippen molar-refractivity contribution < 1.29 is 17.9 Å². The molecule has 8 heteroatoms. The lowest BCUT2D eigenvalue weighted by Gasteiger charge is -2.20. The predicted octanol–water partition coefficient (Wildman–Crippen LogP) is 1.49. The minimum Gasteiger partial charge on any atom is -0.459 e. The van der Waals surface area contributed by atoms with E-state index in [1.54, 1.807) is 32.9 Å². The van der Waals surface area contributed by atoms with Gasteiger partial charge in [0, 0.05) is 0 Å². The van der Waals surface area contributed by atoms with Crippen LogP contribution in [0.2, 0.25) is 0 Å². The lowest BCUT2D eigenvalue weighted by atomic mass is 10.2. The molecule has 6 nitrogen and oxygen atoms in total. The second kappa shape index (κ2) is 7.06. The Balaban J connectivity index is 2.57. The molecule has 0 saturated heterocycles. The molecule has 0 saturated carbocycles. The number of esters is 1. The van der Waals surface area contributed by atoms with Crippen molar-refractivity contribution >= 4 is 33.3 Å². The second-order valence-electron chi connectivity index (χ2n) is 5.69. The maximum absolute atomic E-state index is 12.1. The van der Waals surface area contributed by atoms with Crippen LogP contribution in [0.3, 0.4) is 0 Å². The van der Waals surface area contributed by atoms with Gasteiger partial charge < -0.3 is 10.1 Å². The Morgan fingerprint density at radius 1 is 1.23 bits per heavy atom. The molecule has 0 bridgehead atoms. The van der Waals surface area contributed by atoms with Crippen molar-refractivity contribution in [3.63, 3.8) is 0 Å². The van der Waals surface area contributed by atoms with Crippen LogP contribution < -0.4 is 10.0 Å². The van der Waals surface area contributed by atoms with Gasteiger partial charge in [0.1, 0.15) is 12.1 Å². The molecule has 0 amide bonds. The van der Waals surface area contributed by atoms with Crippen LogP contribution in [0.4, 0.5) is 0 Å². The Bertz CT molecular complexity index is 646. The first kappa shape index (κ1) is 18.4. The highest BCUT2D eigenvalue weighted by atomic mass is 32.2. The molecular formula is C14H20N2O4S2. The Labute approximate surface area is 136 Å². The summed E-state index contributed by atoms with van der Waals surface area (Å²) in [6.45, 7) is 6.86. The van der Waals surface area contributed by atoms with Crippen LogP contribution >= 0.6 is 12.2 Å². The normalized spacial score (nSPS) is 11.6. The number of nitrogens with one attached hydrogen (secondary N) is 2. The largest absolute Gasteiger partial charge is 0.459 e. The van der Waals surface area contributed by atoms with Gasteiger partial charge >= 0.3 is 5.97 Å². The summed E-state index contributed by atoms with van der Waals surface area (Å²) in [4.78, 5) is 11.6. The fraction of sp³-hybridized carbons (Fsp3) is 0.429. The van der Waals surface area contributed by atoms with Crippen LogP contribution in [0.1, 0.15) is 26.3 Å². The number of hydrogen-bond acceptors (Lipinski definition) is 5. The average Bonchev–Trinajstić information content (AvgIpc) is 2.34. The summed E-state index contributed by atoms with van der Waals surface area (Å²) in [5, 5.41) is 2.35. The van der Waals surface area contributed by atoms with Crippen LogP contribution in [0.25, 0.3) is 0 Å². The van der Waals surface area contributed by atoms with Crippen molar-refractivity contribution in [2.24, 2.45) is 0 Å². The van der Waals surface area contributed by atoms with E-state index in [0.717, 1.165) is 5.56 Å². The summed E-state index contributed by atoms with van der Waals surface area (Å²) in [5.41, 5.74) is 0.339. The topological polar surface area (TPSA) is 84.5 Å². The molecule has 0 radical (unpaired) electrons. The highest BCUT2D eigenvalue weighted by Crippen LogP contribution is 2.09. The summed E-state index contributed by atoms with van der Waals surface area (Å²) in [6, 6.07) is 6.33. The van der Waals surface area contributed by atoms with Gasteiger partial charge in [-0.15, -0.1) is 0 Å². The van der Waals surface area contributed by atoms with Gasteiger partial charge in [0.15, 0.2) is 5.11 Å². The van der Waals surface area contributed by atoms with Crippen LogP contribution in [0.5, 0.6) is 0 Å². The average molecular weight is 344 g/mol. The van der Waals surface area contributed by atoms with E-state index in [9.17, 15) is 13.2 Å². The van der Waals surface area contributed by atoms with Crippen molar-refractivity contribution in [1.82, 2.24) is 10.0 Å². The Hall–Kier alpha value is -1.67. The molecule has 122 valence electrons. The summed E-state index contributed by atoms with van der Waals surface area (Å²) >= 11 is 4.88. The van der Waals surface area contributed by atoms with Gasteiger partial charge in [0.05, 0.1) is 4.90 Å². The van der Waals surface area contributed by atoms with Gasteiger partial charge in [-0.25, -0.2) is 8.42 Å². The maximum atomic E-state index is 12.1. The van der Waals surface area contributed by atoms with Crippen LogP contribution in [-0.2, 0) is 19.6 Å². The number of ether oxygens (including phenoxy) is 1. The summed E-state index contributed by atoms with van der Waals surface area (Å²) < 4.78 is 31.4. The molecule has 1 rings (SSSR count). The van der Waals surface area contributed by atoms with Gasteiger partial charge in [0.2, 0.25) is 0 Å². The molecule has 0 unspecified atom stereocenters. The van der Waals surface area contributed by atoms with E-state index in [1.807, 2.05) is 6.92 Å². The second-order valence-corrected chi connectivity index (χ2v) is 7.78. The smallest absolute Gasteiger partial charge is 0.325 e. The number of benzene rings is 1. The third-order valence-electron chi connectivity index (χ3n) is 2.37. The molecule has 0 atom stereocenters. The zero-order valence-corrected chi connectivity index (χ0v) is 14.6. The van der Waals surface area contributed by atoms with Crippen molar-refractivity contribution in [3.8, 4) is 0 Å². The number of hydrogen-bond donors (Lipinski definition) is 2. The SMILES string of the molecule is Cc1ccc(S(=O)(=O)NC(=S)NCC(=O)OC(C)(C)C)cc1. The molecule has 1 aromatic carbocycles. The molecule has 0 spiro atoms. The first-order valence-electron chi connectivity index (χ1n) is 6.59. The van der Waals surface area contributed by atoms with Gasteiger partial charge in [0.25, 0.3) is 10.0 Å². The zero-order valence-electron chi connectivity index (χ0n) is 13.0. The molecule has 0 aliphatic heterocycles. The summed E-state index contributed by atoms with van der Waals surface area (Å²) in [6.07, 6.45) is 0. The van der Waals surface area contributed by atoms with Gasteiger partial charge in [-0.2, -0.15) is 0 Å². The molecule has 0 heterocycles. The molecule has 0 aliphatic carbocycles. The minimum absolute atomic E-state index is 0.0968. The third-order valence-corrected chi connectivity index (χ3v) is 4.11. The van der Waals surface area contributed by atoms with Crippen LogP contribution in [-0.4, -0.2) is 31.6 Å². The number of rotatable bonds is 4. The van der Waals surface area contributed by atoms with E-state index < -0.39 is 21.6 Å². The molecule has 0 fully saturated rings. The summed E-state index contributed by atoms with van der Waals surface area (Å²) in [5.74, 6) is -0.524. The van der Waals surface area contributed by atoms with Gasteiger partial charge in [-0.3, -0.25) is 9.52 Å². The van der Waals surface area contributed by atoms with Crippen molar-refractivity contribution in [2.75, 3.05) is 6.54 Å². The highest BCUT2D eigenvalue weighted by Gasteiger charge is 2.18. The monoisotopic (exact) mass is 344 g/mol. The number of thiocarbonyl (C=S) groups is 1. The molecule has 0 aliphatic rings. The third kappa shape index (κ3) is 6.40. The van der Waals surface area contributed by atoms with Crippen molar-refractivity contribution in [2.45, 2.75) is 38.2 Å². The molecule has 22 heavy (non-hydrogen) atoms. The van der Waals surface area contributed by atoms with E-state index >= 15 is 0 Å². The molecule has 2 N–H and O–H groups in total. The standard InChI is InChI=1S/C14H20N2O4S2/c1-10-5-7-11(8-6-10)22(18,19)16-13(21)15-9-12(17)20-14(2,3)4/h5-8H,9H2,1-4H3,(H2,15,16,21). The zero-order chi connectivity index (χ0) is 17.0. The lowest BCUT2D eigenvalue weighted by molar-refractivity contribution is -0.153. The number of sulfonamides is 1. The fourth-order valence-electron chi connectivity index (χ4n) is 1.46. The van der Waals surface area contributed by atoms with E-state index in [1.165, 1.54) is 12.1 Å². The Morgan fingerprint density at radius 3 is 2.27 bits per heavy atom. The minimum atomic E-state index is -3.77.